The van der Waals surface area contributed by atoms with E-state index in [4.69, 9.17) is 4.74 Å². The van der Waals surface area contributed by atoms with Gasteiger partial charge in [0.15, 0.2) is 0 Å². The zero-order valence-electron chi connectivity index (χ0n) is 20.5. The van der Waals surface area contributed by atoms with Gasteiger partial charge in [-0.2, -0.15) is 5.10 Å². The molecule has 35 heavy (non-hydrogen) atoms. The number of piperazine rings is 1. The maximum atomic E-state index is 13.0. The fraction of sp³-hybridized carbons (Fsp3) is 0.440. The van der Waals surface area contributed by atoms with E-state index in [2.05, 4.69) is 25.2 Å². The van der Waals surface area contributed by atoms with E-state index in [1.54, 1.807) is 13.3 Å². The summed E-state index contributed by atoms with van der Waals surface area (Å²) in [5, 5.41) is 7.17. The van der Waals surface area contributed by atoms with Crippen LogP contribution in [0.25, 0.3) is 5.69 Å². The lowest BCUT2D eigenvalue weighted by molar-refractivity contribution is -0.127. The minimum absolute atomic E-state index is 0.00551. The molecule has 4 rings (SSSR count). The maximum Gasteiger partial charge on any atom is 0.350 e. The average molecular weight is 480 g/mol. The van der Waals surface area contributed by atoms with Gasteiger partial charge in [-0.05, 0) is 31.5 Å². The molecule has 0 bridgehead atoms. The number of hydrogen-bond acceptors (Lipinski definition) is 7. The molecule has 1 aromatic carbocycles. The standard InChI is InChI=1S/C25H33N7O3/c1-19(2)32-25(34)31(18-28-32)21-9-10-22(27-17-21)29-12-14-30(15-13-29)23(20-7-5-4-6-8-20)24(33)26-11-16-35-3/h4-10,17-19,23H,11-16H2,1-3H3,(H,26,33). The van der Waals surface area contributed by atoms with Gasteiger partial charge in [-0.3, -0.25) is 9.69 Å². The Labute approximate surface area is 205 Å². The van der Waals surface area contributed by atoms with Crippen LogP contribution in [0.3, 0.4) is 0 Å². The summed E-state index contributed by atoms with van der Waals surface area (Å²) in [6, 6.07) is 13.3. The zero-order chi connectivity index (χ0) is 24.8. The van der Waals surface area contributed by atoms with Crippen LogP contribution >= 0.6 is 0 Å². The molecule has 3 heterocycles. The minimum Gasteiger partial charge on any atom is -0.383 e. The zero-order valence-corrected chi connectivity index (χ0v) is 20.5. The minimum atomic E-state index is -0.352. The van der Waals surface area contributed by atoms with E-state index in [-0.39, 0.29) is 23.7 Å². The average Bonchev–Trinajstić information content (AvgIpc) is 3.27. The number of carbonyl (C=O) groups is 1. The third-order valence-corrected chi connectivity index (χ3v) is 6.17. The van der Waals surface area contributed by atoms with Crippen LogP contribution < -0.4 is 15.9 Å². The monoisotopic (exact) mass is 479 g/mol. The highest BCUT2D eigenvalue weighted by molar-refractivity contribution is 5.83. The molecule has 1 aliphatic rings. The van der Waals surface area contributed by atoms with Crippen LogP contribution in [0.15, 0.2) is 59.8 Å². The van der Waals surface area contributed by atoms with Gasteiger partial charge in [0, 0.05) is 39.8 Å². The summed E-state index contributed by atoms with van der Waals surface area (Å²) in [4.78, 5) is 34.6. The Morgan fingerprint density at radius 1 is 1.09 bits per heavy atom. The molecule has 0 aliphatic carbocycles. The van der Waals surface area contributed by atoms with E-state index in [0.29, 0.717) is 18.8 Å². The lowest BCUT2D eigenvalue weighted by Gasteiger charge is -2.39. The second kappa shape index (κ2) is 11.3. The number of rotatable bonds is 9. The second-order valence-electron chi connectivity index (χ2n) is 8.82. The van der Waals surface area contributed by atoms with Crippen molar-refractivity contribution in [2.24, 2.45) is 0 Å². The van der Waals surface area contributed by atoms with Crippen molar-refractivity contribution in [3.63, 3.8) is 0 Å². The molecule has 0 radical (unpaired) electrons. The topological polar surface area (TPSA) is 97.5 Å². The van der Waals surface area contributed by atoms with Gasteiger partial charge in [-0.15, -0.1) is 0 Å². The quantitative estimate of drug-likeness (QED) is 0.466. The molecular formula is C25H33N7O3. The van der Waals surface area contributed by atoms with Gasteiger partial charge in [-0.1, -0.05) is 30.3 Å². The summed E-state index contributed by atoms with van der Waals surface area (Å²) >= 11 is 0. The number of ether oxygens (including phenoxy) is 1. The van der Waals surface area contributed by atoms with Crippen LogP contribution in [0.4, 0.5) is 5.82 Å². The van der Waals surface area contributed by atoms with Gasteiger partial charge in [-0.25, -0.2) is 19.0 Å². The number of methoxy groups -OCH3 is 1. The molecule has 1 aliphatic heterocycles. The fourth-order valence-electron chi connectivity index (χ4n) is 4.30. The van der Waals surface area contributed by atoms with E-state index in [1.165, 1.54) is 15.6 Å². The number of pyridine rings is 1. The van der Waals surface area contributed by atoms with Crippen molar-refractivity contribution in [3.8, 4) is 5.69 Å². The van der Waals surface area contributed by atoms with Crippen LogP contribution in [0.5, 0.6) is 0 Å². The lowest BCUT2D eigenvalue weighted by Crippen LogP contribution is -2.51. The van der Waals surface area contributed by atoms with Gasteiger partial charge in [0.1, 0.15) is 18.2 Å². The van der Waals surface area contributed by atoms with Crippen molar-refractivity contribution in [2.45, 2.75) is 25.9 Å². The molecule has 1 saturated heterocycles. The second-order valence-corrected chi connectivity index (χ2v) is 8.82. The summed E-state index contributed by atoms with van der Waals surface area (Å²) in [6.07, 6.45) is 3.23. The maximum absolute atomic E-state index is 13.0. The van der Waals surface area contributed by atoms with Gasteiger partial charge >= 0.3 is 5.69 Å². The van der Waals surface area contributed by atoms with Gasteiger partial charge in [0.25, 0.3) is 0 Å². The van der Waals surface area contributed by atoms with Crippen LogP contribution in [0.2, 0.25) is 0 Å². The number of anilines is 1. The summed E-state index contributed by atoms with van der Waals surface area (Å²) in [5.74, 6) is 0.829. The number of aromatic nitrogens is 4. The van der Waals surface area contributed by atoms with Crippen LogP contribution in [0.1, 0.15) is 31.5 Å². The van der Waals surface area contributed by atoms with E-state index < -0.39 is 0 Å². The first-order valence-corrected chi connectivity index (χ1v) is 11.9. The Balaban J connectivity index is 1.43. The van der Waals surface area contributed by atoms with Gasteiger partial charge < -0.3 is 15.0 Å². The molecule has 186 valence electrons. The van der Waals surface area contributed by atoms with E-state index >= 15 is 0 Å². The molecule has 1 amide bonds. The predicted molar refractivity (Wildman–Crippen MR) is 134 cm³/mol. The van der Waals surface area contributed by atoms with Crippen LogP contribution in [0, 0.1) is 0 Å². The first-order valence-electron chi connectivity index (χ1n) is 11.9. The highest BCUT2D eigenvalue weighted by atomic mass is 16.5. The molecule has 1 N–H and O–H groups in total. The Hall–Kier alpha value is -3.50. The Bertz CT molecular complexity index is 1150. The largest absolute Gasteiger partial charge is 0.383 e. The van der Waals surface area contributed by atoms with Crippen molar-refractivity contribution >= 4 is 11.7 Å². The summed E-state index contributed by atoms with van der Waals surface area (Å²) in [5.41, 5.74) is 1.48. The van der Waals surface area contributed by atoms with Crippen molar-refractivity contribution in [1.82, 2.24) is 29.5 Å². The molecule has 3 aromatic rings. The lowest BCUT2D eigenvalue weighted by atomic mass is 10.0. The molecule has 1 unspecified atom stereocenters. The Kier molecular flexibility index (Phi) is 7.94. The highest BCUT2D eigenvalue weighted by Gasteiger charge is 2.30. The first-order chi connectivity index (χ1) is 17.0. The normalized spacial score (nSPS) is 15.4. The number of nitrogens with zero attached hydrogens (tertiary/aromatic N) is 6. The van der Waals surface area contributed by atoms with Crippen molar-refractivity contribution in [1.29, 1.82) is 0 Å². The van der Waals surface area contributed by atoms with Crippen LogP contribution in [-0.4, -0.2) is 76.6 Å². The van der Waals surface area contributed by atoms with E-state index in [9.17, 15) is 9.59 Å². The number of hydrogen-bond donors (Lipinski definition) is 1. The smallest absolute Gasteiger partial charge is 0.350 e. The number of benzene rings is 1. The van der Waals surface area contributed by atoms with Crippen molar-refractivity contribution < 1.29 is 9.53 Å². The summed E-state index contributed by atoms with van der Waals surface area (Å²) in [7, 11) is 1.62. The fourth-order valence-corrected chi connectivity index (χ4v) is 4.30. The van der Waals surface area contributed by atoms with Crippen molar-refractivity contribution in [3.05, 3.63) is 71.0 Å². The molecule has 1 fully saturated rings. The summed E-state index contributed by atoms with van der Waals surface area (Å²) < 4.78 is 8.02. The highest BCUT2D eigenvalue weighted by Crippen LogP contribution is 2.24. The summed E-state index contributed by atoms with van der Waals surface area (Å²) in [6.45, 7) is 7.74. The number of nitrogens with one attached hydrogen (secondary N) is 1. The molecular weight excluding hydrogens is 446 g/mol. The Morgan fingerprint density at radius 2 is 1.83 bits per heavy atom. The third-order valence-electron chi connectivity index (χ3n) is 6.17. The van der Waals surface area contributed by atoms with Gasteiger partial charge in [0.05, 0.1) is 24.5 Å². The molecule has 10 nitrogen and oxygen atoms in total. The van der Waals surface area contributed by atoms with E-state index in [0.717, 1.165) is 37.6 Å². The van der Waals surface area contributed by atoms with Gasteiger partial charge in [0.2, 0.25) is 5.91 Å². The molecule has 0 spiro atoms. The third kappa shape index (κ3) is 5.60. The first kappa shape index (κ1) is 24.6. The molecule has 2 aromatic heterocycles. The molecule has 0 saturated carbocycles. The Morgan fingerprint density at radius 3 is 2.43 bits per heavy atom. The SMILES string of the molecule is COCCNC(=O)C(c1ccccc1)N1CCN(c2ccc(-n3cnn(C(C)C)c3=O)cn2)CC1. The molecule has 10 heteroatoms. The predicted octanol–water partition coefficient (Wildman–Crippen LogP) is 1.64. The van der Waals surface area contributed by atoms with Crippen molar-refractivity contribution in [2.75, 3.05) is 51.3 Å². The number of amides is 1. The number of carbonyl (C=O) groups excluding carboxylic acids is 1. The van der Waals surface area contributed by atoms with E-state index in [1.807, 2.05) is 56.3 Å². The van der Waals surface area contributed by atoms with Crippen LogP contribution in [-0.2, 0) is 9.53 Å². The molecule has 1 atom stereocenters.